The Morgan fingerprint density at radius 2 is 0.800 bits per heavy atom. The molecule has 8 aliphatic rings. The van der Waals surface area contributed by atoms with Crippen molar-refractivity contribution in [3.05, 3.63) is 11.8 Å². The minimum atomic E-state index is 1.09. The fourth-order valence-electron chi connectivity index (χ4n) is 8.44. The van der Waals surface area contributed by atoms with Gasteiger partial charge in [0, 0.05) is 0 Å². The van der Waals surface area contributed by atoms with Gasteiger partial charge in [-0.1, -0.05) is 0 Å². The van der Waals surface area contributed by atoms with Crippen LogP contribution in [0.25, 0.3) is 0 Å². The van der Waals surface area contributed by atoms with E-state index in [4.69, 9.17) is 0 Å². The summed E-state index contributed by atoms with van der Waals surface area (Å²) in [6.07, 6.45) is 15.9. The predicted octanol–water partition coefficient (Wildman–Crippen LogP) is 5.05. The van der Waals surface area contributed by atoms with Gasteiger partial charge in [0.2, 0.25) is 0 Å². The lowest BCUT2D eigenvalue weighted by molar-refractivity contribution is -0.0464. The van der Waals surface area contributed by atoms with Gasteiger partial charge in [-0.05, 0) is 123 Å². The summed E-state index contributed by atoms with van der Waals surface area (Å²) in [4.78, 5) is 0. The maximum Gasteiger partial charge on any atom is -0.0199 e. The fraction of sp³-hybridized carbons (Fsp3) is 0.900. The van der Waals surface area contributed by atoms with Crippen LogP contribution >= 0.6 is 0 Å². The Balaban J connectivity index is 1.34. The van der Waals surface area contributed by atoms with E-state index in [0.29, 0.717) is 0 Å². The van der Waals surface area contributed by atoms with Gasteiger partial charge in [-0.15, -0.1) is 0 Å². The van der Waals surface area contributed by atoms with E-state index >= 15 is 0 Å². The maximum atomic E-state index is 2.08. The highest BCUT2D eigenvalue weighted by Crippen LogP contribution is 2.67. The second-order valence-corrected chi connectivity index (χ2v) is 9.58. The topological polar surface area (TPSA) is 0 Å². The van der Waals surface area contributed by atoms with Crippen molar-refractivity contribution in [2.24, 2.45) is 47.3 Å². The average molecular weight is 268 g/mol. The van der Waals surface area contributed by atoms with Gasteiger partial charge in [0.05, 0.1) is 0 Å². The molecule has 0 aliphatic heterocycles. The molecule has 0 amide bonds. The highest BCUT2D eigenvalue weighted by Gasteiger charge is 2.57. The van der Waals surface area contributed by atoms with Crippen LogP contribution in [0.4, 0.5) is 0 Å². The summed E-state index contributed by atoms with van der Waals surface area (Å²) >= 11 is 0. The van der Waals surface area contributed by atoms with Crippen molar-refractivity contribution in [1.29, 1.82) is 0 Å². The highest BCUT2D eigenvalue weighted by atomic mass is 14.6. The first-order valence-electron chi connectivity index (χ1n) is 9.52. The molecule has 8 fully saturated rings. The molecule has 8 rings (SSSR count). The number of hydrogen-bond donors (Lipinski definition) is 0. The van der Waals surface area contributed by atoms with Crippen molar-refractivity contribution >= 4 is 0 Å². The second-order valence-electron chi connectivity index (χ2n) is 9.58. The van der Waals surface area contributed by atoms with E-state index in [1.165, 1.54) is 0 Å². The third-order valence-corrected chi connectivity index (χ3v) is 8.43. The maximum absolute atomic E-state index is 2.08. The highest BCUT2D eigenvalue weighted by molar-refractivity contribution is 5.23. The van der Waals surface area contributed by atoms with Gasteiger partial charge in [-0.3, -0.25) is 0 Å². The molecule has 108 valence electrons. The van der Waals surface area contributed by atoms with Crippen LogP contribution in [0.5, 0.6) is 0 Å². The summed E-state index contributed by atoms with van der Waals surface area (Å²) in [7, 11) is 0. The van der Waals surface area contributed by atoms with Crippen LogP contribution in [0.15, 0.2) is 0 Å². The van der Waals surface area contributed by atoms with Gasteiger partial charge >= 0.3 is 0 Å². The first kappa shape index (κ1) is 11.6. The molecule has 8 aliphatic carbocycles. The minimum Gasteiger partial charge on any atom is -0.0475 e. The predicted molar refractivity (Wildman–Crippen MR) is 80.6 cm³/mol. The van der Waals surface area contributed by atoms with E-state index < -0.39 is 0 Å². The largest absolute Gasteiger partial charge is 0.0475 e. The molecule has 20 heavy (non-hydrogen) atoms. The Morgan fingerprint density at radius 3 is 1.10 bits per heavy atom. The van der Waals surface area contributed by atoms with Crippen molar-refractivity contribution in [2.75, 3.05) is 0 Å². The van der Waals surface area contributed by atoms with Gasteiger partial charge in [0.25, 0.3) is 0 Å². The Morgan fingerprint density at radius 1 is 0.450 bits per heavy atom. The molecule has 2 radical (unpaired) electrons. The van der Waals surface area contributed by atoms with E-state index in [9.17, 15) is 0 Å². The molecular formula is C20H28. The van der Waals surface area contributed by atoms with Crippen molar-refractivity contribution in [3.63, 3.8) is 0 Å². The minimum absolute atomic E-state index is 1.09. The van der Waals surface area contributed by atoms with E-state index in [-0.39, 0.29) is 0 Å². The lowest BCUT2D eigenvalue weighted by Crippen LogP contribution is -2.54. The van der Waals surface area contributed by atoms with E-state index in [1.54, 1.807) is 64.2 Å². The van der Waals surface area contributed by atoms with Crippen LogP contribution in [0, 0.1) is 59.2 Å². The molecule has 8 bridgehead atoms. The third-order valence-electron chi connectivity index (χ3n) is 8.43. The van der Waals surface area contributed by atoms with Crippen LogP contribution in [0.3, 0.4) is 0 Å². The van der Waals surface area contributed by atoms with Crippen LogP contribution in [0.1, 0.15) is 64.2 Å². The van der Waals surface area contributed by atoms with Crippen LogP contribution in [-0.2, 0) is 0 Å². The summed E-state index contributed by atoms with van der Waals surface area (Å²) in [5.74, 6) is 13.1. The molecule has 0 N–H and O–H groups in total. The monoisotopic (exact) mass is 268 g/mol. The van der Waals surface area contributed by atoms with E-state index in [2.05, 4.69) is 11.8 Å². The Hall–Kier alpha value is 0. The van der Waals surface area contributed by atoms with Crippen molar-refractivity contribution in [3.8, 4) is 0 Å². The summed E-state index contributed by atoms with van der Waals surface area (Å²) < 4.78 is 0. The standard InChI is InChI=1S/C20H28/c1-11-3-15-5-12(1)6-16(4-11)19(15)20-17-7-13-2-14(9-17)10-18(20)8-13/h11-15,17,19-20H,1-10H2. The molecule has 6 unspecified atom stereocenters. The first-order valence-corrected chi connectivity index (χ1v) is 9.52. The zero-order valence-corrected chi connectivity index (χ0v) is 12.7. The lowest BCUT2D eigenvalue weighted by Gasteiger charge is -2.63. The van der Waals surface area contributed by atoms with Crippen molar-refractivity contribution in [2.45, 2.75) is 64.2 Å². The van der Waals surface area contributed by atoms with E-state index in [0.717, 1.165) is 47.3 Å². The first-order chi connectivity index (χ1) is 9.83. The Bertz CT molecular complexity index is 326. The van der Waals surface area contributed by atoms with Gasteiger partial charge in [0.1, 0.15) is 0 Å². The van der Waals surface area contributed by atoms with E-state index in [1.807, 2.05) is 0 Å². The number of hydrogen-bond acceptors (Lipinski definition) is 0. The fourth-order valence-corrected chi connectivity index (χ4v) is 8.44. The second kappa shape index (κ2) is 3.85. The SMILES string of the molecule is C1[C]2CC3CC1CC(C3)C2C1[C]2CC3CC(C2)CC1C3. The summed E-state index contributed by atoms with van der Waals surface area (Å²) in [5.41, 5.74) is 0. The molecule has 0 heterocycles. The molecule has 0 aromatic rings. The quantitative estimate of drug-likeness (QED) is 0.624. The third kappa shape index (κ3) is 1.45. The summed E-state index contributed by atoms with van der Waals surface area (Å²) in [6.45, 7) is 0. The number of fused-ring (bicyclic) bond motifs is 1. The molecular weight excluding hydrogens is 240 g/mol. The zero-order valence-electron chi connectivity index (χ0n) is 12.7. The molecule has 8 saturated carbocycles. The van der Waals surface area contributed by atoms with Gasteiger partial charge < -0.3 is 0 Å². The normalized spacial score (nSPS) is 60.6. The number of rotatable bonds is 1. The summed E-state index contributed by atoms with van der Waals surface area (Å²) in [6, 6.07) is 0. The molecule has 0 aromatic heterocycles. The lowest BCUT2D eigenvalue weighted by atomic mass is 9.42. The Labute approximate surface area is 124 Å². The molecule has 6 atom stereocenters. The molecule has 0 saturated heterocycles. The van der Waals surface area contributed by atoms with Crippen molar-refractivity contribution in [1.82, 2.24) is 0 Å². The molecule has 0 spiro atoms. The molecule has 0 heteroatoms. The van der Waals surface area contributed by atoms with Crippen molar-refractivity contribution < 1.29 is 0 Å². The smallest absolute Gasteiger partial charge is 0.0199 e. The average Bonchev–Trinajstić information content (AvgIpc) is 2.39. The Kier molecular flexibility index (Phi) is 2.22. The summed E-state index contributed by atoms with van der Waals surface area (Å²) in [5, 5.41) is 0. The molecule has 0 nitrogen and oxygen atoms in total. The molecule has 0 aromatic carbocycles. The van der Waals surface area contributed by atoms with Gasteiger partial charge in [-0.25, -0.2) is 0 Å². The van der Waals surface area contributed by atoms with Crippen LogP contribution < -0.4 is 0 Å². The van der Waals surface area contributed by atoms with Gasteiger partial charge in [-0.2, -0.15) is 0 Å². The van der Waals surface area contributed by atoms with Gasteiger partial charge in [0.15, 0.2) is 0 Å². The van der Waals surface area contributed by atoms with Crippen LogP contribution in [-0.4, -0.2) is 0 Å². The zero-order chi connectivity index (χ0) is 12.8. The van der Waals surface area contributed by atoms with Crippen LogP contribution in [0.2, 0.25) is 0 Å².